The summed E-state index contributed by atoms with van der Waals surface area (Å²) in [6.07, 6.45) is 0. The van der Waals surface area contributed by atoms with E-state index in [4.69, 9.17) is 18.7 Å². The van der Waals surface area contributed by atoms with Crippen LogP contribution in [0.2, 0.25) is 0 Å². The highest BCUT2D eigenvalue weighted by molar-refractivity contribution is 5.77. The molecule has 3 aromatic rings. The lowest BCUT2D eigenvalue weighted by atomic mass is 10.2. The van der Waals surface area contributed by atoms with Crippen LogP contribution in [0.25, 0.3) is 11.4 Å². The van der Waals surface area contributed by atoms with E-state index in [9.17, 15) is 4.79 Å². The van der Waals surface area contributed by atoms with Gasteiger partial charge in [-0.05, 0) is 36.4 Å². The number of ether oxygens (including phenoxy) is 3. The lowest BCUT2D eigenvalue weighted by Gasteiger charge is -2.06. The van der Waals surface area contributed by atoms with Crippen molar-refractivity contribution in [2.75, 3.05) is 20.8 Å². The number of amides is 1. The summed E-state index contributed by atoms with van der Waals surface area (Å²) in [7, 11) is 3.17. The molecule has 0 bridgehead atoms. The van der Waals surface area contributed by atoms with Crippen molar-refractivity contribution in [1.82, 2.24) is 15.5 Å². The summed E-state index contributed by atoms with van der Waals surface area (Å²) < 4.78 is 20.8. The normalized spacial score (nSPS) is 10.3. The number of hydrogen-bond donors (Lipinski definition) is 1. The molecule has 0 fully saturated rings. The molecule has 0 aliphatic heterocycles. The van der Waals surface area contributed by atoms with Gasteiger partial charge in [-0.2, -0.15) is 4.98 Å². The number of rotatable bonds is 8. The average Bonchev–Trinajstić information content (AvgIpc) is 3.20. The van der Waals surface area contributed by atoms with Crippen LogP contribution in [0.15, 0.2) is 53.1 Å². The number of nitrogens with one attached hydrogen (secondary N) is 1. The summed E-state index contributed by atoms with van der Waals surface area (Å²) in [5, 5.41) is 6.58. The molecule has 0 atom stereocenters. The van der Waals surface area contributed by atoms with Crippen molar-refractivity contribution in [2.24, 2.45) is 0 Å². The highest BCUT2D eigenvalue weighted by Crippen LogP contribution is 2.21. The lowest BCUT2D eigenvalue weighted by Crippen LogP contribution is -2.28. The van der Waals surface area contributed by atoms with Crippen molar-refractivity contribution in [3.8, 4) is 28.6 Å². The third-order valence-corrected chi connectivity index (χ3v) is 3.66. The first-order chi connectivity index (χ1) is 13.2. The maximum Gasteiger partial charge on any atom is 0.258 e. The van der Waals surface area contributed by atoms with Crippen molar-refractivity contribution in [3.05, 3.63) is 54.4 Å². The van der Waals surface area contributed by atoms with E-state index in [1.807, 2.05) is 18.2 Å². The Morgan fingerprint density at radius 2 is 1.78 bits per heavy atom. The molecule has 0 aliphatic carbocycles. The van der Waals surface area contributed by atoms with Crippen molar-refractivity contribution < 1.29 is 23.5 Å². The molecule has 0 unspecified atom stereocenters. The second-order valence-corrected chi connectivity index (χ2v) is 5.48. The maximum atomic E-state index is 11.9. The number of hydrogen-bond acceptors (Lipinski definition) is 7. The van der Waals surface area contributed by atoms with Gasteiger partial charge in [0.15, 0.2) is 6.61 Å². The molecule has 0 spiro atoms. The summed E-state index contributed by atoms with van der Waals surface area (Å²) in [6.45, 7) is -0.00895. The van der Waals surface area contributed by atoms with Gasteiger partial charge in [0.1, 0.15) is 17.2 Å². The second kappa shape index (κ2) is 8.70. The Morgan fingerprint density at radius 3 is 2.52 bits per heavy atom. The zero-order chi connectivity index (χ0) is 19.1. The van der Waals surface area contributed by atoms with Gasteiger partial charge in [-0.3, -0.25) is 4.79 Å². The molecule has 1 aromatic heterocycles. The molecule has 8 nitrogen and oxygen atoms in total. The molecular weight excluding hydrogens is 350 g/mol. The SMILES string of the molecule is COc1ccc(OCC(=O)NCc2nc(-c3cccc(OC)c3)no2)cc1. The van der Waals surface area contributed by atoms with Gasteiger partial charge in [0.2, 0.25) is 11.7 Å². The van der Waals surface area contributed by atoms with Crippen LogP contribution in [0.4, 0.5) is 0 Å². The predicted octanol–water partition coefficient (Wildman–Crippen LogP) is 2.45. The molecule has 8 heteroatoms. The standard InChI is InChI=1S/C19H19N3O5/c1-24-14-6-8-15(9-7-14)26-12-17(23)20-11-18-21-19(22-27-18)13-4-3-5-16(10-13)25-2/h3-10H,11-12H2,1-2H3,(H,20,23). The zero-order valence-electron chi connectivity index (χ0n) is 15.0. The number of benzene rings is 2. The number of methoxy groups -OCH3 is 2. The molecule has 2 aromatic carbocycles. The topological polar surface area (TPSA) is 95.7 Å². The van der Waals surface area contributed by atoms with Gasteiger partial charge >= 0.3 is 0 Å². The van der Waals surface area contributed by atoms with Crippen molar-refractivity contribution >= 4 is 5.91 Å². The van der Waals surface area contributed by atoms with Gasteiger partial charge < -0.3 is 24.1 Å². The van der Waals surface area contributed by atoms with Crippen LogP contribution in [0.5, 0.6) is 17.2 Å². The van der Waals surface area contributed by atoms with Crippen molar-refractivity contribution in [2.45, 2.75) is 6.54 Å². The van der Waals surface area contributed by atoms with Crippen LogP contribution >= 0.6 is 0 Å². The minimum atomic E-state index is -0.299. The molecule has 0 radical (unpaired) electrons. The highest BCUT2D eigenvalue weighted by atomic mass is 16.5. The highest BCUT2D eigenvalue weighted by Gasteiger charge is 2.11. The molecule has 1 heterocycles. The number of nitrogens with zero attached hydrogens (tertiary/aromatic N) is 2. The summed E-state index contributed by atoms with van der Waals surface area (Å²) >= 11 is 0. The van der Waals surface area contributed by atoms with Crippen LogP contribution in [-0.2, 0) is 11.3 Å². The van der Waals surface area contributed by atoms with Gasteiger partial charge in [-0.25, -0.2) is 0 Å². The third kappa shape index (κ3) is 4.97. The first-order valence-electron chi connectivity index (χ1n) is 8.18. The molecule has 0 saturated heterocycles. The zero-order valence-corrected chi connectivity index (χ0v) is 15.0. The van der Waals surface area contributed by atoms with E-state index < -0.39 is 0 Å². The molecular formula is C19H19N3O5. The van der Waals surface area contributed by atoms with Crippen LogP contribution in [0.1, 0.15) is 5.89 Å². The Hall–Kier alpha value is -3.55. The maximum absolute atomic E-state index is 11.9. The largest absolute Gasteiger partial charge is 0.497 e. The predicted molar refractivity (Wildman–Crippen MR) is 96.6 cm³/mol. The monoisotopic (exact) mass is 369 g/mol. The van der Waals surface area contributed by atoms with E-state index in [1.54, 1.807) is 44.6 Å². The van der Waals surface area contributed by atoms with Crippen molar-refractivity contribution in [1.29, 1.82) is 0 Å². The second-order valence-electron chi connectivity index (χ2n) is 5.48. The van der Waals surface area contributed by atoms with Gasteiger partial charge in [-0.1, -0.05) is 17.3 Å². The van der Waals surface area contributed by atoms with Gasteiger partial charge in [-0.15, -0.1) is 0 Å². The average molecular weight is 369 g/mol. The smallest absolute Gasteiger partial charge is 0.258 e. The van der Waals surface area contributed by atoms with Gasteiger partial charge in [0.25, 0.3) is 5.91 Å². The van der Waals surface area contributed by atoms with Crippen molar-refractivity contribution in [3.63, 3.8) is 0 Å². The minimum absolute atomic E-state index is 0.113. The molecule has 1 N–H and O–H groups in total. The first-order valence-corrected chi connectivity index (χ1v) is 8.18. The summed E-state index contributed by atoms with van der Waals surface area (Å²) in [5.74, 6) is 2.41. The molecule has 1 amide bonds. The van der Waals surface area contributed by atoms with E-state index in [2.05, 4.69) is 15.5 Å². The summed E-state index contributed by atoms with van der Waals surface area (Å²) in [6, 6.07) is 14.3. The van der Waals surface area contributed by atoms with E-state index in [0.29, 0.717) is 23.2 Å². The summed E-state index contributed by atoms with van der Waals surface area (Å²) in [5.41, 5.74) is 0.763. The molecule has 27 heavy (non-hydrogen) atoms. The van der Waals surface area contributed by atoms with Crippen LogP contribution in [0, 0.1) is 0 Å². The Morgan fingerprint density at radius 1 is 1.04 bits per heavy atom. The van der Waals surface area contributed by atoms with E-state index in [1.165, 1.54) is 0 Å². The van der Waals surface area contributed by atoms with Crippen LogP contribution in [0.3, 0.4) is 0 Å². The van der Waals surface area contributed by atoms with Gasteiger partial charge in [0.05, 0.1) is 20.8 Å². The number of carbonyl (C=O) groups is 1. The Labute approximate surface area is 156 Å². The molecule has 0 aliphatic rings. The van der Waals surface area contributed by atoms with Crippen LogP contribution in [-0.4, -0.2) is 36.9 Å². The Bertz CT molecular complexity index is 892. The Balaban J connectivity index is 1.49. The Kier molecular flexibility index (Phi) is 5.88. The number of aromatic nitrogens is 2. The van der Waals surface area contributed by atoms with Gasteiger partial charge in [0, 0.05) is 5.56 Å². The van der Waals surface area contributed by atoms with Crippen LogP contribution < -0.4 is 19.5 Å². The summed E-state index contributed by atoms with van der Waals surface area (Å²) in [4.78, 5) is 16.2. The molecule has 140 valence electrons. The fourth-order valence-electron chi connectivity index (χ4n) is 2.25. The third-order valence-electron chi connectivity index (χ3n) is 3.66. The first kappa shape index (κ1) is 18.2. The minimum Gasteiger partial charge on any atom is -0.497 e. The fraction of sp³-hybridized carbons (Fsp3) is 0.211. The lowest BCUT2D eigenvalue weighted by molar-refractivity contribution is -0.123. The fourth-order valence-corrected chi connectivity index (χ4v) is 2.25. The van der Waals surface area contributed by atoms with E-state index in [0.717, 1.165) is 11.3 Å². The molecule has 3 rings (SSSR count). The molecule has 0 saturated carbocycles. The number of carbonyl (C=O) groups excluding carboxylic acids is 1. The van der Waals surface area contributed by atoms with E-state index in [-0.39, 0.29) is 19.1 Å². The quantitative estimate of drug-likeness (QED) is 0.651. The van der Waals surface area contributed by atoms with E-state index >= 15 is 0 Å².